The Balaban J connectivity index is 2.19. The van der Waals surface area contributed by atoms with Crippen LogP contribution in [0.3, 0.4) is 0 Å². The predicted molar refractivity (Wildman–Crippen MR) is 50.5 cm³/mol. The van der Waals surface area contributed by atoms with Crippen LogP contribution in [0.4, 0.5) is 0 Å². The Kier molecular flexibility index (Phi) is 2.44. The van der Waals surface area contributed by atoms with Crippen LogP contribution in [0.5, 0.6) is 0 Å². The molecule has 1 atom stereocenters. The van der Waals surface area contributed by atoms with E-state index in [4.69, 9.17) is 5.11 Å². The molecule has 0 radical (unpaired) electrons. The minimum atomic E-state index is 0.271. The third kappa shape index (κ3) is 1.40. The lowest BCUT2D eigenvalue weighted by Crippen LogP contribution is -2.29. The van der Waals surface area contributed by atoms with Gasteiger partial charge in [0, 0.05) is 24.1 Å². The number of hydrogen-bond donors (Lipinski definition) is 2. The summed E-state index contributed by atoms with van der Waals surface area (Å²) in [4.78, 5) is 1.49. The van der Waals surface area contributed by atoms with Crippen molar-refractivity contribution in [3.8, 4) is 0 Å². The van der Waals surface area contributed by atoms with Crippen LogP contribution >= 0.6 is 11.3 Å². The van der Waals surface area contributed by atoms with E-state index in [0.29, 0.717) is 6.04 Å². The molecule has 1 aliphatic heterocycles. The van der Waals surface area contributed by atoms with E-state index in [1.807, 2.05) is 11.3 Å². The van der Waals surface area contributed by atoms with E-state index in [1.54, 1.807) is 0 Å². The molecule has 1 aromatic rings. The lowest BCUT2D eigenvalue weighted by molar-refractivity contribution is 0.263. The Morgan fingerprint density at radius 3 is 3.42 bits per heavy atom. The van der Waals surface area contributed by atoms with Crippen molar-refractivity contribution in [2.24, 2.45) is 0 Å². The van der Waals surface area contributed by atoms with Gasteiger partial charge in [-0.1, -0.05) is 0 Å². The van der Waals surface area contributed by atoms with Gasteiger partial charge in [0.15, 0.2) is 0 Å². The molecule has 2 nitrogen and oxygen atoms in total. The van der Waals surface area contributed by atoms with Crippen molar-refractivity contribution < 1.29 is 5.11 Å². The largest absolute Gasteiger partial charge is 0.396 e. The van der Waals surface area contributed by atoms with E-state index in [-0.39, 0.29) is 6.61 Å². The molecule has 2 heterocycles. The van der Waals surface area contributed by atoms with Crippen molar-refractivity contribution >= 4 is 11.3 Å². The van der Waals surface area contributed by atoms with E-state index in [1.165, 1.54) is 10.4 Å². The highest BCUT2D eigenvalue weighted by Gasteiger charge is 2.19. The third-order valence-corrected chi connectivity index (χ3v) is 3.31. The molecule has 0 aliphatic carbocycles. The zero-order chi connectivity index (χ0) is 8.39. The fourth-order valence-corrected chi connectivity index (χ4v) is 2.67. The van der Waals surface area contributed by atoms with E-state index in [9.17, 15) is 0 Å². The Hall–Kier alpha value is -0.380. The molecule has 0 saturated carbocycles. The number of hydrogen-bond acceptors (Lipinski definition) is 3. The SMILES string of the molecule is OCCC1NCCc2sccc21. The van der Waals surface area contributed by atoms with Crippen molar-refractivity contribution in [3.05, 3.63) is 21.9 Å². The molecule has 1 aliphatic rings. The fourth-order valence-electron chi connectivity index (χ4n) is 1.72. The van der Waals surface area contributed by atoms with Crippen molar-refractivity contribution in [2.75, 3.05) is 13.2 Å². The molecule has 0 bridgehead atoms. The van der Waals surface area contributed by atoms with Crippen LogP contribution in [0, 0.1) is 0 Å². The fraction of sp³-hybridized carbons (Fsp3) is 0.556. The first-order valence-electron chi connectivity index (χ1n) is 4.32. The summed E-state index contributed by atoms with van der Waals surface area (Å²) >= 11 is 1.83. The van der Waals surface area contributed by atoms with E-state index in [2.05, 4.69) is 16.8 Å². The van der Waals surface area contributed by atoms with Gasteiger partial charge >= 0.3 is 0 Å². The number of aliphatic hydroxyl groups is 1. The van der Waals surface area contributed by atoms with Gasteiger partial charge in [-0.2, -0.15) is 0 Å². The van der Waals surface area contributed by atoms with Gasteiger partial charge in [0.05, 0.1) is 0 Å². The molecule has 0 fully saturated rings. The topological polar surface area (TPSA) is 32.3 Å². The minimum Gasteiger partial charge on any atom is -0.396 e. The highest BCUT2D eigenvalue weighted by molar-refractivity contribution is 7.10. The first kappa shape index (κ1) is 8.23. The lowest BCUT2D eigenvalue weighted by atomic mass is 10.0. The van der Waals surface area contributed by atoms with Crippen molar-refractivity contribution in [3.63, 3.8) is 0 Å². The second kappa shape index (κ2) is 3.56. The molecule has 0 aromatic carbocycles. The molecule has 1 aromatic heterocycles. The second-order valence-corrected chi connectivity index (χ2v) is 4.07. The number of thiophene rings is 1. The Morgan fingerprint density at radius 1 is 1.67 bits per heavy atom. The summed E-state index contributed by atoms with van der Waals surface area (Å²) in [5.74, 6) is 0. The van der Waals surface area contributed by atoms with E-state index < -0.39 is 0 Å². The number of nitrogens with one attached hydrogen (secondary N) is 1. The van der Waals surface area contributed by atoms with Gasteiger partial charge in [0.1, 0.15) is 0 Å². The summed E-state index contributed by atoms with van der Waals surface area (Å²) in [6.07, 6.45) is 1.98. The van der Waals surface area contributed by atoms with E-state index >= 15 is 0 Å². The zero-order valence-electron chi connectivity index (χ0n) is 6.92. The molecule has 0 amide bonds. The van der Waals surface area contributed by atoms with Crippen LogP contribution in [-0.2, 0) is 6.42 Å². The maximum atomic E-state index is 8.84. The Labute approximate surface area is 76.2 Å². The van der Waals surface area contributed by atoms with Crippen LogP contribution in [0.15, 0.2) is 11.4 Å². The molecule has 66 valence electrons. The maximum absolute atomic E-state index is 8.84. The molecule has 1 unspecified atom stereocenters. The number of rotatable bonds is 2. The van der Waals surface area contributed by atoms with Gasteiger partial charge in [0.2, 0.25) is 0 Å². The summed E-state index contributed by atoms with van der Waals surface area (Å²) in [5, 5.41) is 14.4. The predicted octanol–water partition coefficient (Wildman–Crippen LogP) is 1.32. The molecule has 3 heteroatoms. The average Bonchev–Trinajstić information content (AvgIpc) is 2.53. The summed E-state index contributed by atoms with van der Waals surface area (Å²) in [6.45, 7) is 1.32. The second-order valence-electron chi connectivity index (χ2n) is 3.07. The van der Waals surface area contributed by atoms with E-state index in [0.717, 1.165) is 19.4 Å². The quantitative estimate of drug-likeness (QED) is 0.724. The van der Waals surface area contributed by atoms with Crippen molar-refractivity contribution in [1.82, 2.24) is 5.32 Å². The van der Waals surface area contributed by atoms with Gasteiger partial charge < -0.3 is 10.4 Å². The maximum Gasteiger partial charge on any atom is 0.0449 e. The Bertz CT molecular complexity index is 259. The summed E-state index contributed by atoms with van der Waals surface area (Å²) in [7, 11) is 0. The number of aliphatic hydroxyl groups excluding tert-OH is 1. The summed E-state index contributed by atoms with van der Waals surface area (Å²) < 4.78 is 0. The normalized spacial score (nSPS) is 22.2. The van der Waals surface area contributed by atoms with Crippen molar-refractivity contribution in [2.45, 2.75) is 18.9 Å². The van der Waals surface area contributed by atoms with Crippen molar-refractivity contribution in [1.29, 1.82) is 0 Å². The van der Waals surface area contributed by atoms with Crippen LogP contribution in [0.2, 0.25) is 0 Å². The van der Waals surface area contributed by atoms with Gasteiger partial charge in [-0.15, -0.1) is 11.3 Å². The smallest absolute Gasteiger partial charge is 0.0449 e. The zero-order valence-corrected chi connectivity index (χ0v) is 7.73. The first-order chi connectivity index (χ1) is 5.92. The van der Waals surface area contributed by atoms with Gasteiger partial charge in [-0.25, -0.2) is 0 Å². The van der Waals surface area contributed by atoms with Gasteiger partial charge in [0.25, 0.3) is 0 Å². The van der Waals surface area contributed by atoms with Gasteiger partial charge in [-0.05, 0) is 29.9 Å². The molecule has 12 heavy (non-hydrogen) atoms. The molecule has 0 saturated heterocycles. The lowest BCUT2D eigenvalue weighted by Gasteiger charge is -2.23. The molecule has 0 spiro atoms. The molecular formula is C9H13NOS. The molecular weight excluding hydrogens is 170 g/mol. The monoisotopic (exact) mass is 183 g/mol. The number of fused-ring (bicyclic) bond motifs is 1. The summed E-state index contributed by atoms with van der Waals surface area (Å²) in [6, 6.07) is 2.57. The first-order valence-corrected chi connectivity index (χ1v) is 5.20. The Morgan fingerprint density at radius 2 is 2.58 bits per heavy atom. The molecule has 2 rings (SSSR count). The molecule has 2 N–H and O–H groups in total. The van der Waals surface area contributed by atoms with Gasteiger partial charge in [-0.3, -0.25) is 0 Å². The van der Waals surface area contributed by atoms with Crippen LogP contribution in [0.1, 0.15) is 22.9 Å². The van der Waals surface area contributed by atoms with Crippen LogP contribution < -0.4 is 5.32 Å². The third-order valence-electron chi connectivity index (χ3n) is 2.32. The van der Waals surface area contributed by atoms with Crippen LogP contribution in [0.25, 0.3) is 0 Å². The average molecular weight is 183 g/mol. The van der Waals surface area contributed by atoms with Crippen LogP contribution in [-0.4, -0.2) is 18.3 Å². The highest BCUT2D eigenvalue weighted by atomic mass is 32.1. The highest BCUT2D eigenvalue weighted by Crippen LogP contribution is 2.28. The standard InChI is InChI=1S/C9H13NOS/c11-5-2-8-7-3-6-12-9(7)1-4-10-8/h3,6,8,10-11H,1-2,4-5H2. The summed E-state index contributed by atoms with van der Waals surface area (Å²) in [5.41, 5.74) is 1.40. The minimum absolute atomic E-state index is 0.271.